The minimum Gasteiger partial charge on any atom is -0.355 e. The summed E-state index contributed by atoms with van der Waals surface area (Å²) in [4.78, 5) is 11.3. The topological polar surface area (TPSA) is 41.1 Å². The van der Waals surface area contributed by atoms with Crippen LogP contribution < -0.4 is 10.6 Å². The number of carbonyl (C=O) groups is 1. The minimum atomic E-state index is 0.122. The van der Waals surface area contributed by atoms with Crippen molar-refractivity contribution in [2.24, 2.45) is 0 Å². The average Bonchev–Trinajstić information content (AvgIpc) is 2.38. The third-order valence-electron chi connectivity index (χ3n) is 3.06. The predicted octanol–water partition coefficient (Wildman–Crippen LogP) is 3.24. The average molecular weight is 256 g/mol. The molecule has 0 radical (unpaired) electrons. The van der Waals surface area contributed by atoms with Crippen LogP contribution in [0.3, 0.4) is 0 Å². The first-order valence-corrected chi connectivity index (χ1v) is 7.78. The molecule has 3 nitrogen and oxygen atoms in total. The summed E-state index contributed by atoms with van der Waals surface area (Å²) in [6.07, 6.45) is 11.7. The van der Waals surface area contributed by atoms with E-state index in [4.69, 9.17) is 0 Å². The number of amides is 1. The van der Waals surface area contributed by atoms with Crippen LogP contribution in [0.5, 0.6) is 0 Å². The second-order valence-corrected chi connectivity index (χ2v) is 5.00. The van der Waals surface area contributed by atoms with E-state index in [1.165, 1.54) is 51.4 Å². The highest BCUT2D eigenvalue weighted by atomic mass is 16.1. The summed E-state index contributed by atoms with van der Waals surface area (Å²) >= 11 is 0. The van der Waals surface area contributed by atoms with E-state index in [1.807, 2.05) is 0 Å². The van der Waals surface area contributed by atoms with E-state index in [0.717, 1.165) is 19.5 Å². The van der Waals surface area contributed by atoms with Crippen molar-refractivity contribution in [2.75, 3.05) is 19.6 Å². The molecule has 0 bridgehead atoms. The summed E-state index contributed by atoms with van der Waals surface area (Å²) in [6, 6.07) is 0. The van der Waals surface area contributed by atoms with Crippen LogP contribution in [-0.2, 0) is 4.79 Å². The Balaban J connectivity index is 3.04. The Morgan fingerprint density at radius 3 is 2.00 bits per heavy atom. The molecule has 2 N–H and O–H groups in total. The van der Waals surface area contributed by atoms with Crippen molar-refractivity contribution in [1.29, 1.82) is 0 Å². The van der Waals surface area contributed by atoms with Gasteiger partial charge in [0.15, 0.2) is 0 Å². The molecule has 0 aliphatic rings. The van der Waals surface area contributed by atoms with Crippen molar-refractivity contribution >= 4 is 5.91 Å². The number of nitrogens with one attached hydrogen (secondary N) is 2. The van der Waals surface area contributed by atoms with E-state index >= 15 is 0 Å². The summed E-state index contributed by atoms with van der Waals surface area (Å²) in [5.41, 5.74) is 0. The van der Waals surface area contributed by atoms with Gasteiger partial charge in [-0.2, -0.15) is 0 Å². The van der Waals surface area contributed by atoms with Gasteiger partial charge in [0.25, 0.3) is 0 Å². The van der Waals surface area contributed by atoms with Crippen LogP contribution >= 0.6 is 0 Å². The Hall–Kier alpha value is -0.570. The van der Waals surface area contributed by atoms with Crippen molar-refractivity contribution in [2.45, 2.75) is 71.6 Å². The standard InChI is InChI=1S/C15H32N2O/c1-3-5-6-7-8-9-10-11-13-16-14-15(18)17-12-4-2/h16H,3-14H2,1-2H3,(H,17,18). The number of rotatable bonds is 13. The van der Waals surface area contributed by atoms with Gasteiger partial charge in [-0.1, -0.05) is 58.8 Å². The molecule has 0 saturated heterocycles. The summed E-state index contributed by atoms with van der Waals surface area (Å²) in [6.45, 7) is 6.54. The molecule has 0 fully saturated rings. The van der Waals surface area contributed by atoms with Crippen LogP contribution in [0.2, 0.25) is 0 Å². The molecule has 0 aromatic rings. The molecule has 0 aromatic heterocycles. The SMILES string of the molecule is CCCCCCCCCCNCC(=O)NCCC. The smallest absolute Gasteiger partial charge is 0.233 e. The van der Waals surface area contributed by atoms with Gasteiger partial charge < -0.3 is 10.6 Å². The maximum absolute atomic E-state index is 11.3. The molecule has 0 heterocycles. The van der Waals surface area contributed by atoms with Gasteiger partial charge in [0.1, 0.15) is 0 Å². The molecule has 0 aliphatic carbocycles. The summed E-state index contributed by atoms with van der Waals surface area (Å²) in [7, 11) is 0. The largest absolute Gasteiger partial charge is 0.355 e. The third-order valence-corrected chi connectivity index (χ3v) is 3.06. The van der Waals surface area contributed by atoms with Gasteiger partial charge in [0.2, 0.25) is 5.91 Å². The fraction of sp³-hybridized carbons (Fsp3) is 0.933. The van der Waals surface area contributed by atoms with Crippen molar-refractivity contribution < 1.29 is 4.79 Å². The van der Waals surface area contributed by atoms with Gasteiger partial charge in [0.05, 0.1) is 6.54 Å². The van der Waals surface area contributed by atoms with Gasteiger partial charge in [-0.3, -0.25) is 4.79 Å². The van der Waals surface area contributed by atoms with Crippen molar-refractivity contribution in [3.8, 4) is 0 Å². The van der Waals surface area contributed by atoms with Crippen molar-refractivity contribution in [1.82, 2.24) is 10.6 Å². The van der Waals surface area contributed by atoms with E-state index in [9.17, 15) is 4.79 Å². The first-order valence-electron chi connectivity index (χ1n) is 7.78. The molecule has 0 aromatic carbocycles. The van der Waals surface area contributed by atoms with E-state index in [0.29, 0.717) is 6.54 Å². The maximum Gasteiger partial charge on any atom is 0.233 e. The monoisotopic (exact) mass is 256 g/mol. The Kier molecular flexibility index (Phi) is 14.0. The molecular weight excluding hydrogens is 224 g/mol. The zero-order chi connectivity index (χ0) is 13.5. The fourth-order valence-corrected chi connectivity index (χ4v) is 1.91. The van der Waals surface area contributed by atoms with E-state index in [2.05, 4.69) is 24.5 Å². The van der Waals surface area contributed by atoms with E-state index in [1.54, 1.807) is 0 Å². The van der Waals surface area contributed by atoms with Crippen LogP contribution in [0.15, 0.2) is 0 Å². The van der Waals surface area contributed by atoms with Gasteiger partial charge >= 0.3 is 0 Å². The first-order chi connectivity index (χ1) is 8.81. The van der Waals surface area contributed by atoms with Crippen LogP contribution in [0.4, 0.5) is 0 Å². The van der Waals surface area contributed by atoms with Crippen LogP contribution in [0.1, 0.15) is 71.6 Å². The minimum absolute atomic E-state index is 0.122. The van der Waals surface area contributed by atoms with Gasteiger partial charge in [0, 0.05) is 6.54 Å². The highest BCUT2D eigenvalue weighted by Crippen LogP contribution is 2.07. The summed E-state index contributed by atoms with van der Waals surface area (Å²) in [5, 5.41) is 6.05. The molecule has 108 valence electrons. The Bertz CT molecular complexity index is 183. The number of hydrogen-bond acceptors (Lipinski definition) is 2. The molecule has 0 unspecified atom stereocenters. The highest BCUT2D eigenvalue weighted by molar-refractivity contribution is 5.77. The lowest BCUT2D eigenvalue weighted by Gasteiger charge is -2.05. The van der Waals surface area contributed by atoms with E-state index in [-0.39, 0.29) is 5.91 Å². The predicted molar refractivity (Wildman–Crippen MR) is 78.8 cm³/mol. The second kappa shape index (κ2) is 14.5. The third kappa shape index (κ3) is 13.5. The van der Waals surface area contributed by atoms with Crippen LogP contribution in [0.25, 0.3) is 0 Å². The molecule has 3 heteroatoms. The van der Waals surface area contributed by atoms with Gasteiger partial charge in [-0.15, -0.1) is 0 Å². The Morgan fingerprint density at radius 1 is 0.778 bits per heavy atom. The fourth-order valence-electron chi connectivity index (χ4n) is 1.91. The number of carbonyl (C=O) groups excluding carboxylic acids is 1. The van der Waals surface area contributed by atoms with Crippen molar-refractivity contribution in [3.05, 3.63) is 0 Å². The summed E-state index contributed by atoms with van der Waals surface area (Å²) in [5.74, 6) is 0.122. The second-order valence-electron chi connectivity index (χ2n) is 5.00. The molecule has 1 amide bonds. The quantitative estimate of drug-likeness (QED) is 0.497. The molecule has 18 heavy (non-hydrogen) atoms. The van der Waals surface area contributed by atoms with Crippen LogP contribution in [-0.4, -0.2) is 25.5 Å². The lowest BCUT2D eigenvalue weighted by molar-refractivity contribution is -0.120. The van der Waals surface area contributed by atoms with Gasteiger partial charge in [-0.25, -0.2) is 0 Å². The first kappa shape index (κ1) is 17.4. The Labute approximate surface area is 113 Å². The molecule has 0 atom stereocenters. The zero-order valence-electron chi connectivity index (χ0n) is 12.4. The molecular formula is C15H32N2O. The normalized spacial score (nSPS) is 10.6. The highest BCUT2D eigenvalue weighted by Gasteiger charge is 1.98. The lowest BCUT2D eigenvalue weighted by Crippen LogP contribution is -2.34. The van der Waals surface area contributed by atoms with Gasteiger partial charge in [-0.05, 0) is 19.4 Å². The lowest BCUT2D eigenvalue weighted by atomic mass is 10.1. The maximum atomic E-state index is 11.3. The van der Waals surface area contributed by atoms with Crippen molar-refractivity contribution in [3.63, 3.8) is 0 Å². The molecule has 0 spiro atoms. The zero-order valence-corrected chi connectivity index (χ0v) is 12.4. The molecule has 0 saturated carbocycles. The number of hydrogen-bond donors (Lipinski definition) is 2. The summed E-state index contributed by atoms with van der Waals surface area (Å²) < 4.78 is 0. The molecule has 0 aliphatic heterocycles. The van der Waals surface area contributed by atoms with Crippen LogP contribution in [0, 0.1) is 0 Å². The molecule has 0 rings (SSSR count). The number of unbranched alkanes of at least 4 members (excludes halogenated alkanes) is 7. The Morgan fingerprint density at radius 2 is 1.39 bits per heavy atom. The van der Waals surface area contributed by atoms with E-state index < -0.39 is 0 Å².